The van der Waals surface area contributed by atoms with Crippen molar-refractivity contribution < 1.29 is 14.7 Å². The van der Waals surface area contributed by atoms with E-state index >= 15 is 0 Å². The van der Waals surface area contributed by atoms with Gasteiger partial charge in [0, 0.05) is 29.8 Å². The number of carboxylic acid groups (broad SMARTS) is 1. The molecule has 0 aromatic carbocycles. The summed E-state index contributed by atoms with van der Waals surface area (Å²) < 4.78 is 0. The molecule has 0 saturated heterocycles. The van der Waals surface area contributed by atoms with Gasteiger partial charge in [0.05, 0.1) is 12.4 Å². The summed E-state index contributed by atoms with van der Waals surface area (Å²) in [7, 11) is 0. The van der Waals surface area contributed by atoms with E-state index in [1.54, 1.807) is 6.08 Å². The number of carbonyl (C=O) groups is 2. The van der Waals surface area contributed by atoms with Crippen molar-refractivity contribution in [2.45, 2.75) is 18.5 Å². The highest BCUT2D eigenvalue weighted by atomic mass is 32.2. The van der Waals surface area contributed by atoms with E-state index in [0.29, 0.717) is 17.2 Å². The van der Waals surface area contributed by atoms with E-state index in [4.69, 9.17) is 10.8 Å². The smallest absolute Gasteiger partial charge is 0.326 e. The van der Waals surface area contributed by atoms with Crippen LogP contribution in [0.15, 0.2) is 25.2 Å². The molecular formula is C12H18N4O3S. The molecule has 0 fully saturated rings. The second-order valence-electron chi connectivity index (χ2n) is 4.11. The lowest BCUT2D eigenvalue weighted by molar-refractivity contribution is -0.141. The summed E-state index contributed by atoms with van der Waals surface area (Å²) in [5.74, 6) is -0.487. The summed E-state index contributed by atoms with van der Waals surface area (Å²) >= 11 is 1.46. The number of nitrogens with zero attached hydrogens (tertiary/aromatic N) is 1. The van der Waals surface area contributed by atoms with E-state index in [-0.39, 0.29) is 6.42 Å². The summed E-state index contributed by atoms with van der Waals surface area (Å²) in [6.07, 6.45) is 4.82. The largest absolute Gasteiger partial charge is 0.480 e. The number of nitrogens with one attached hydrogen (secondary N) is 2. The van der Waals surface area contributed by atoms with Crippen LogP contribution in [-0.4, -0.2) is 50.5 Å². The van der Waals surface area contributed by atoms with Gasteiger partial charge in [-0.25, -0.2) is 9.78 Å². The predicted molar refractivity (Wildman–Crippen MR) is 77.4 cm³/mol. The van der Waals surface area contributed by atoms with E-state index < -0.39 is 24.0 Å². The Morgan fingerprint density at radius 3 is 2.95 bits per heavy atom. The predicted octanol–water partition coefficient (Wildman–Crippen LogP) is -0.232. The highest BCUT2D eigenvalue weighted by Gasteiger charge is 2.23. The Morgan fingerprint density at radius 2 is 2.40 bits per heavy atom. The first-order chi connectivity index (χ1) is 9.54. The quantitative estimate of drug-likeness (QED) is 0.369. The number of H-pyrrole nitrogens is 1. The molecule has 110 valence electrons. The van der Waals surface area contributed by atoms with Gasteiger partial charge in [0.25, 0.3) is 0 Å². The second kappa shape index (κ2) is 8.39. The number of aromatic nitrogens is 2. The van der Waals surface area contributed by atoms with Gasteiger partial charge in [-0.3, -0.25) is 4.79 Å². The zero-order valence-electron chi connectivity index (χ0n) is 10.9. The number of carbonyl (C=O) groups excluding carboxylic acids is 1. The summed E-state index contributed by atoms with van der Waals surface area (Å²) in [6, 6.07) is -1.78. The van der Waals surface area contributed by atoms with Crippen LogP contribution in [0.25, 0.3) is 0 Å². The van der Waals surface area contributed by atoms with Gasteiger partial charge in [0.1, 0.15) is 6.04 Å². The molecule has 0 saturated carbocycles. The Labute approximate surface area is 121 Å². The summed E-state index contributed by atoms with van der Waals surface area (Å²) in [6.45, 7) is 3.57. The molecule has 0 aliphatic carbocycles. The van der Waals surface area contributed by atoms with Crippen LogP contribution in [0.2, 0.25) is 0 Å². The van der Waals surface area contributed by atoms with E-state index in [9.17, 15) is 9.59 Å². The van der Waals surface area contributed by atoms with Gasteiger partial charge in [0.15, 0.2) is 0 Å². The standard InChI is InChI=1S/C12H18N4O3S/c1-2-3-20-6-9(13)11(17)16-10(12(18)19)4-8-5-14-7-15-8/h2,5,7,9-10H,1,3-4,6,13H2,(H,14,15)(H,16,17)(H,18,19)/t9?,10-/m0/s1. The second-order valence-corrected chi connectivity index (χ2v) is 5.19. The third-order valence-corrected chi connectivity index (χ3v) is 3.53. The van der Waals surface area contributed by atoms with Gasteiger partial charge in [-0.05, 0) is 0 Å². The van der Waals surface area contributed by atoms with Crippen LogP contribution in [0.1, 0.15) is 5.69 Å². The number of imidazole rings is 1. The van der Waals surface area contributed by atoms with Crippen molar-refractivity contribution >= 4 is 23.6 Å². The van der Waals surface area contributed by atoms with Crippen LogP contribution >= 0.6 is 11.8 Å². The molecule has 8 heteroatoms. The zero-order chi connectivity index (χ0) is 15.0. The van der Waals surface area contributed by atoms with E-state index in [0.717, 1.165) is 0 Å². The van der Waals surface area contributed by atoms with Crippen LogP contribution < -0.4 is 11.1 Å². The average molecular weight is 298 g/mol. The molecule has 0 bridgehead atoms. The molecule has 1 aromatic rings. The first-order valence-electron chi connectivity index (χ1n) is 5.99. The maximum atomic E-state index is 11.8. The Balaban J connectivity index is 2.50. The Kier molecular flexibility index (Phi) is 6.82. The molecular weight excluding hydrogens is 280 g/mol. The monoisotopic (exact) mass is 298 g/mol. The molecule has 1 rings (SSSR count). The number of rotatable bonds is 9. The van der Waals surface area contributed by atoms with Crippen molar-refractivity contribution in [1.82, 2.24) is 15.3 Å². The first kappa shape index (κ1) is 16.3. The van der Waals surface area contributed by atoms with Gasteiger partial charge >= 0.3 is 5.97 Å². The van der Waals surface area contributed by atoms with Gasteiger partial charge in [-0.2, -0.15) is 11.8 Å². The van der Waals surface area contributed by atoms with Crippen LogP contribution in [0.4, 0.5) is 0 Å². The molecule has 0 radical (unpaired) electrons. The number of aliphatic carboxylic acids is 1. The molecule has 0 spiro atoms. The molecule has 1 amide bonds. The number of aromatic amines is 1. The molecule has 20 heavy (non-hydrogen) atoms. The number of thioether (sulfide) groups is 1. The minimum atomic E-state index is -1.11. The Bertz CT molecular complexity index is 450. The molecule has 7 nitrogen and oxygen atoms in total. The highest BCUT2D eigenvalue weighted by Crippen LogP contribution is 2.03. The highest BCUT2D eigenvalue weighted by molar-refractivity contribution is 7.99. The third kappa shape index (κ3) is 5.45. The molecule has 1 heterocycles. The average Bonchev–Trinajstić information content (AvgIpc) is 2.90. The van der Waals surface area contributed by atoms with Crippen molar-refractivity contribution in [3.63, 3.8) is 0 Å². The number of hydrogen-bond acceptors (Lipinski definition) is 5. The first-order valence-corrected chi connectivity index (χ1v) is 7.14. The minimum absolute atomic E-state index is 0.133. The fraction of sp³-hybridized carbons (Fsp3) is 0.417. The fourth-order valence-corrected chi connectivity index (χ4v) is 2.16. The molecule has 1 aromatic heterocycles. The molecule has 5 N–H and O–H groups in total. The topological polar surface area (TPSA) is 121 Å². The third-order valence-electron chi connectivity index (χ3n) is 2.46. The lowest BCUT2D eigenvalue weighted by Gasteiger charge is -2.17. The lowest BCUT2D eigenvalue weighted by atomic mass is 10.1. The van der Waals surface area contributed by atoms with Gasteiger partial charge in [-0.1, -0.05) is 6.08 Å². The maximum Gasteiger partial charge on any atom is 0.326 e. The summed E-state index contributed by atoms with van der Waals surface area (Å²) in [4.78, 5) is 29.5. The Hall–Kier alpha value is -1.80. The van der Waals surface area contributed by atoms with Crippen LogP contribution in [0.3, 0.4) is 0 Å². The number of carboxylic acids is 1. The van der Waals surface area contributed by atoms with E-state index in [2.05, 4.69) is 21.9 Å². The maximum absolute atomic E-state index is 11.8. The van der Waals surface area contributed by atoms with Gasteiger partial charge in [0.2, 0.25) is 5.91 Å². The fourth-order valence-electron chi connectivity index (χ4n) is 1.45. The minimum Gasteiger partial charge on any atom is -0.480 e. The Morgan fingerprint density at radius 1 is 1.65 bits per heavy atom. The van der Waals surface area contributed by atoms with E-state index in [1.165, 1.54) is 24.3 Å². The molecule has 0 aliphatic heterocycles. The van der Waals surface area contributed by atoms with Crippen molar-refractivity contribution in [2.75, 3.05) is 11.5 Å². The molecule has 1 unspecified atom stereocenters. The van der Waals surface area contributed by atoms with E-state index in [1.807, 2.05) is 0 Å². The summed E-state index contributed by atoms with van der Waals surface area (Å²) in [5.41, 5.74) is 6.33. The normalized spacial score (nSPS) is 13.4. The number of hydrogen-bond donors (Lipinski definition) is 4. The van der Waals surface area contributed by atoms with Crippen molar-refractivity contribution in [1.29, 1.82) is 0 Å². The van der Waals surface area contributed by atoms with Crippen molar-refractivity contribution in [3.05, 3.63) is 30.9 Å². The molecule has 0 aliphatic rings. The van der Waals surface area contributed by atoms with Gasteiger partial charge in [-0.15, -0.1) is 6.58 Å². The van der Waals surface area contributed by atoms with Crippen molar-refractivity contribution in [2.24, 2.45) is 5.73 Å². The summed E-state index contributed by atoms with van der Waals surface area (Å²) in [5, 5.41) is 11.5. The van der Waals surface area contributed by atoms with Crippen LogP contribution in [-0.2, 0) is 16.0 Å². The van der Waals surface area contributed by atoms with Crippen LogP contribution in [0.5, 0.6) is 0 Å². The van der Waals surface area contributed by atoms with Gasteiger partial charge < -0.3 is 21.1 Å². The number of amides is 1. The zero-order valence-corrected chi connectivity index (χ0v) is 11.7. The van der Waals surface area contributed by atoms with Crippen LogP contribution in [0, 0.1) is 0 Å². The molecule has 2 atom stereocenters. The SMILES string of the molecule is C=CCSCC(N)C(=O)N[C@@H](Cc1cnc[nH]1)C(=O)O. The van der Waals surface area contributed by atoms with Crippen molar-refractivity contribution in [3.8, 4) is 0 Å². The number of nitrogens with two attached hydrogens (primary N) is 1. The lowest BCUT2D eigenvalue weighted by Crippen LogP contribution is -2.50.